The predicted molar refractivity (Wildman–Crippen MR) is 227 cm³/mol. The van der Waals surface area contributed by atoms with Crippen molar-refractivity contribution in [2.45, 2.75) is 84.0 Å². The molecule has 0 saturated carbocycles. The van der Waals surface area contributed by atoms with Crippen molar-refractivity contribution in [1.82, 2.24) is 15.0 Å². The molecular weight excluding hydrogens is 866 g/mol. The molecule has 0 saturated heterocycles. The van der Waals surface area contributed by atoms with Crippen LogP contribution >= 0.6 is 0 Å². The number of rotatable bonds is 5. The zero-order valence-electron chi connectivity index (χ0n) is 33.8. The fourth-order valence-corrected chi connectivity index (χ4v) is 8.05. The van der Waals surface area contributed by atoms with Gasteiger partial charge in [0.05, 0.1) is 16.8 Å². The first-order chi connectivity index (χ1) is 26.0. The van der Waals surface area contributed by atoms with Crippen molar-refractivity contribution in [2.75, 3.05) is 0 Å². The standard InChI is InChI=1S/C51H50N3O.Pt/c1-48(2,3)34-24-25-52-47(31-34)51(40-19-13-10-16-37(40)38-17-11-14-20-41(38)51)46-23-22-42(54-46)44-29-33(28-43(53-44)39-18-12-15-21-45(39)55)32-26-35(49(4,5)6)30-36(27-32)50(7,8)9;/h10-31H,1-9H3,(H-,53,54,55);/q-1;. The SMILES string of the molecule is CC(C)(C)c1cc(-c2cc(-c3ccc(C4(c5cc(C(C)(C)C)ccn5)c5ccccc5-c5ccccc54)[n-]3)nc(-c3ccccc3O)c2)cc(C(C)(C)C)c1.[Pt]. The van der Waals surface area contributed by atoms with E-state index >= 15 is 0 Å². The Morgan fingerprint density at radius 2 is 1.04 bits per heavy atom. The Balaban J connectivity index is 0.00000480. The summed E-state index contributed by atoms with van der Waals surface area (Å²) in [6.45, 7) is 20.3. The number of aromatic nitrogens is 3. The Labute approximate surface area is 346 Å². The molecule has 0 aliphatic heterocycles. The Morgan fingerprint density at radius 1 is 0.518 bits per heavy atom. The second-order valence-corrected chi connectivity index (χ2v) is 18.2. The molecule has 1 N–H and O–H groups in total. The first-order valence-corrected chi connectivity index (χ1v) is 19.3. The summed E-state index contributed by atoms with van der Waals surface area (Å²) < 4.78 is 0. The molecule has 8 rings (SSSR count). The van der Waals surface area contributed by atoms with Crippen LogP contribution in [0.4, 0.5) is 0 Å². The summed E-state index contributed by atoms with van der Waals surface area (Å²) in [4.78, 5) is 15.9. The summed E-state index contributed by atoms with van der Waals surface area (Å²) in [5.74, 6) is 0.191. The molecule has 0 radical (unpaired) electrons. The first kappa shape index (κ1) is 39.2. The average molecular weight is 916 g/mol. The van der Waals surface area contributed by atoms with Gasteiger partial charge in [-0.2, -0.15) is 0 Å². The van der Waals surface area contributed by atoms with Gasteiger partial charge in [0, 0.05) is 38.5 Å². The molecule has 3 heterocycles. The summed E-state index contributed by atoms with van der Waals surface area (Å²) in [6.07, 6.45) is 1.95. The second-order valence-electron chi connectivity index (χ2n) is 18.2. The Morgan fingerprint density at radius 3 is 1.61 bits per heavy atom. The van der Waals surface area contributed by atoms with Gasteiger partial charge >= 0.3 is 0 Å². The molecule has 3 aromatic heterocycles. The number of hydrogen-bond acceptors (Lipinski definition) is 3. The van der Waals surface area contributed by atoms with Crippen LogP contribution in [-0.2, 0) is 42.7 Å². The van der Waals surface area contributed by atoms with Crippen molar-refractivity contribution < 1.29 is 26.2 Å². The topological polar surface area (TPSA) is 60.1 Å². The summed E-state index contributed by atoms with van der Waals surface area (Å²) in [6, 6.07) is 44.7. The summed E-state index contributed by atoms with van der Waals surface area (Å²) in [7, 11) is 0. The van der Waals surface area contributed by atoms with E-state index in [0.717, 1.165) is 33.9 Å². The van der Waals surface area contributed by atoms with Gasteiger partial charge in [-0.05, 0) is 103 Å². The molecule has 1 aliphatic rings. The van der Waals surface area contributed by atoms with Crippen LogP contribution in [-0.4, -0.2) is 15.1 Å². The molecule has 0 fully saturated rings. The molecule has 5 heteroatoms. The van der Waals surface area contributed by atoms with Crippen molar-refractivity contribution in [2.24, 2.45) is 0 Å². The minimum absolute atomic E-state index is 0. The van der Waals surface area contributed by atoms with E-state index in [-0.39, 0.29) is 43.1 Å². The third-order valence-electron chi connectivity index (χ3n) is 11.3. The third kappa shape index (κ3) is 6.77. The molecule has 0 atom stereocenters. The molecule has 0 spiro atoms. The van der Waals surface area contributed by atoms with Crippen LogP contribution < -0.4 is 4.98 Å². The number of hydrogen-bond donors (Lipinski definition) is 1. The summed E-state index contributed by atoms with van der Waals surface area (Å²) in [5, 5.41) is 11.1. The second kappa shape index (κ2) is 14.2. The van der Waals surface area contributed by atoms with E-state index in [1.165, 1.54) is 38.9 Å². The van der Waals surface area contributed by atoms with Crippen LogP contribution in [0.15, 0.2) is 134 Å². The number of fused-ring (bicyclic) bond motifs is 3. The zero-order chi connectivity index (χ0) is 38.9. The van der Waals surface area contributed by atoms with Gasteiger partial charge in [-0.3, -0.25) is 4.98 Å². The number of phenols is 1. The van der Waals surface area contributed by atoms with Gasteiger partial charge < -0.3 is 10.1 Å². The van der Waals surface area contributed by atoms with E-state index in [4.69, 9.17) is 15.0 Å². The fourth-order valence-electron chi connectivity index (χ4n) is 8.05. The van der Waals surface area contributed by atoms with Crippen molar-refractivity contribution >= 4 is 0 Å². The Kier molecular flexibility index (Phi) is 9.91. The minimum atomic E-state index is -0.743. The Bertz CT molecular complexity index is 2500. The molecular formula is C51H50N3OPt-. The number of benzene rings is 4. The minimum Gasteiger partial charge on any atom is -0.658 e. The molecule has 286 valence electrons. The largest absolute Gasteiger partial charge is 0.658 e. The van der Waals surface area contributed by atoms with Crippen LogP contribution in [0.2, 0.25) is 0 Å². The number of aromatic hydroxyl groups is 1. The molecule has 0 unspecified atom stereocenters. The van der Waals surface area contributed by atoms with E-state index in [1.807, 2.05) is 24.4 Å². The summed E-state index contributed by atoms with van der Waals surface area (Å²) in [5.41, 5.74) is 14.5. The molecule has 4 nitrogen and oxygen atoms in total. The zero-order valence-corrected chi connectivity index (χ0v) is 36.1. The van der Waals surface area contributed by atoms with Gasteiger partial charge in [-0.25, -0.2) is 4.98 Å². The number of pyridine rings is 2. The summed E-state index contributed by atoms with van der Waals surface area (Å²) >= 11 is 0. The van der Waals surface area contributed by atoms with Gasteiger partial charge in [0.2, 0.25) is 0 Å². The third-order valence-corrected chi connectivity index (χ3v) is 11.3. The van der Waals surface area contributed by atoms with Crippen LogP contribution in [0, 0.1) is 0 Å². The van der Waals surface area contributed by atoms with Crippen LogP contribution in [0.1, 0.15) is 102 Å². The number of nitrogens with zero attached hydrogens (tertiary/aromatic N) is 3. The monoisotopic (exact) mass is 915 g/mol. The quantitative estimate of drug-likeness (QED) is 0.187. The molecule has 0 amide bonds. The smallest absolute Gasteiger partial charge is 0.124 e. The van der Waals surface area contributed by atoms with Gasteiger partial charge in [-0.15, -0.1) is 11.4 Å². The molecule has 0 bridgehead atoms. The van der Waals surface area contributed by atoms with Gasteiger partial charge in [0.1, 0.15) is 5.75 Å². The fraction of sp³-hybridized carbons (Fsp3) is 0.255. The van der Waals surface area contributed by atoms with Gasteiger partial charge in [-0.1, -0.05) is 153 Å². The Hall–Kier alpha value is -5.05. The maximum absolute atomic E-state index is 11.1. The molecule has 56 heavy (non-hydrogen) atoms. The van der Waals surface area contributed by atoms with Crippen LogP contribution in [0.3, 0.4) is 0 Å². The van der Waals surface area contributed by atoms with Crippen molar-refractivity contribution in [1.29, 1.82) is 0 Å². The van der Waals surface area contributed by atoms with Crippen molar-refractivity contribution in [3.8, 4) is 50.6 Å². The van der Waals surface area contributed by atoms with E-state index in [9.17, 15) is 5.11 Å². The van der Waals surface area contributed by atoms with Crippen molar-refractivity contribution in [3.05, 3.63) is 173 Å². The molecule has 7 aromatic rings. The maximum atomic E-state index is 11.1. The maximum Gasteiger partial charge on any atom is 0.124 e. The molecule has 4 aromatic carbocycles. The van der Waals surface area contributed by atoms with E-state index in [0.29, 0.717) is 11.3 Å². The molecule has 1 aliphatic carbocycles. The average Bonchev–Trinajstić information content (AvgIpc) is 3.76. The number of phenolic OH excluding ortho intramolecular Hbond substituents is 1. The van der Waals surface area contributed by atoms with Crippen LogP contribution in [0.5, 0.6) is 5.75 Å². The van der Waals surface area contributed by atoms with Gasteiger partial charge in [0.25, 0.3) is 0 Å². The first-order valence-electron chi connectivity index (χ1n) is 19.3. The van der Waals surface area contributed by atoms with Gasteiger partial charge in [0.15, 0.2) is 0 Å². The van der Waals surface area contributed by atoms with Crippen molar-refractivity contribution in [3.63, 3.8) is 0 Å². The van der Waals surface area contributed by atoms with Crippen LogP contribution in [0.25, 0.3) is 44.9 Å². The van der Waals surface area contributed by atoms with E-state index < -0.39 is 5.41 Å². The number of para-hydroxylation sites is 1. The van der Waals surface area contributed by atoms with E-state index in [1.54, 1.807) is 6.07 Å². The predicted octanol–water partition coefficient (Wildman–Crippen LogP) is 12.4. The normalized spacial score (nSPS) is 13.5. The van der Waals surface area contributed by atoms with E-state index in [2.05, 4.69) is 165 Å².